The van der Waals surface area contributed by atoms with Gasteiger partial charge in [0, 0.05) is 59.9 Å². The van der Waals surface area contributed by atoms with Crippen LogP contribution >= 0.6 is 11.3 Å². The van der Waals surface area contributed by atoms with Gasteiger partial charge in [0.25, 0.3) is 0 Å². The lowest BCUT2D eigenvalue weighted by atomic mass is 9.82. The number of anilines is 3. The minimum Gasteiger partial charge on any atom is -0.456 e. The summed E-state index contributed by atoms with van der Waals surface area (Å²) in [5.41, 5.74) is 12.2. The first kappa shape index (κ1) is 29.2. The van der Waals surface area contributed by atoms with Crippen molar-refractivity contribution in [3.05, 3.63) is 163 Å². The second-order valence-electron chi connectivity index (χ2n) is 14.8. The number of hydrogen-bond acceptors (Lipinski definition) is 4. The molecule has 53 heavy (non-hydrogen) atoms. The summed E-state index contributed by atoms with van der Waals surface area (Å²) in [7, 11) is 0. The summed E-state index contributed by atoms with van der Waals surface area (Å²) in [6.07, 6.45) is 0. The van der Waals surface area contributed by atoms with Gasteiger partial charge < -0.3 is 13.7 Å². The smallest absolute Gasteiger partial charge is 0.144 e. The summed E-state index contributed by atoms with van der Waals surface area (Å²) in [6, 6.07) is 54.9. The van der Waals surface area contributed by atoms with Gasteiger partial charge in [-0.1, -0.05) is 105 Å². The van der Waals surface area contributed by atoms with Crippen molar-refractivity contribution in [1.82, 2.24) is 0 Å². The van der Waals surface area contributed by atoms with E-state index in [0.29, 0.717) is 0 Å². The Morgan fingerprint density at radius 3 is 2.17 bits per heavy atom. The average molecular weight is 698 g/mol. The summed E-state index contributed by atoms with van der Waals surface area (Å²) < 4.78 is 15.7. The van der Waals surface area contributed by atoms with Crippen LogP contribution in [0.15, 0.2) is 160 Å². The van der Waals surface area contributed by atoms with Crippen LogP contribution in [0.3, 0.4) is 0 Å². The van der Waals surface area contributed by atoms with Crippen molar-refractivity contribution < 1.29 is 8.83 Å². The summed E-state index contributed by atoms with van der Waals surface area (Å²) in [4.78, 5) is 2.42. The van der Waals surface area contributed by atoms with E-state index in [4.69, 9.17) is 8.83 Å². The van der Waals surface area contributed by atoms with Crippen molar-refractivity contribution >= 4 is 103 Å². The van der Waals surface area contributed by atoms with E-state index in [9.17, 15) is 0 Å². The number of thiophene rings is 1. The SMILES string of the molecule is CC1(C)c2ccccc2-c2ccc(N(c3ccc4c(c3)oc3ccccc34)c3cccc4c3sc3ccc5c(oc6ccc7ccccc7c65)c34)cc21. The van der Waals surface area contributed by atoms with E-state index in [1.54, 1.807) is 0 Å². The highest BCUT2D eigenvalue weighted by molar-refractivity contribution is 7.26. The van der Waals surface area contributed by atoms with E-state index in [-0.39, 0.29) is 5.41 Å². The maximum Gasteiger partial charge on any atom is 0.144 e. The maximum absolute atomic E-state index is 6.77. The molecule has 0 bridgehead atoms. The molecule has 1 aliphatic rings. The normalized spacial score (nSPS) is 13.6. The first-order valence-electron chi connectivity index (χ1n) is 18.2. The first-order valence-corrected chi connectivity index (χ1v) is 19.0. The lowest BCUT2D eigenvalue weighted by Gasteiger charge is -2.28. The molecule has 0 unspecified atom stereocenters. The van der Waals surface area contributed by atoms with Gasteiger partial charge >= 0.3 is 0 Å². The van der Waals surface area contributed by atoms with Crippen molar-refractivity contribution in [2.45, 2.75) is 19.3 Å². The molecule has 0 saturated carbocycles. The van der Waals surface area contributed by atoms with Gasteiger partial charge in [-0.2, -0.15) is 0 Å². The Morgan fingerprint density at radius 1 is 0.491 bits per heavy atom. The number of nitrogens with zero attached hydrogens (tertiary/aromatic N) is 1. The molecule has 0 amide bonds. The van der Waals surface area contributed by atoms with Crippen molar-refractivity contribution in [3.63, 3.8) is 0 Å². The molecular formula is C49H31NO2S. The second-order valence-corrected chi connectivity index (χ2v) is 15.9. The molecule has 12 rings (SSSR count). The lowest BCUT2D eigenvalue weighted by molar-refractivity contribution is 0.660. The van der Waals surface area contributed by atoms with E-state index in [1.165, 1.54) is 58.6 Å². The van der Waals surface area contributed by atoms with E-state index in [0.717, 1.165) is 55.6 Å². The zero-order valence-electron chi connectivity index (χ0n) is 29.1. The highest BCUT2D eigenvalue weighted by Gasteiger charge is 2.36. The van der Waals surface area contributed by atoms with Gasteiger partial charge in [0.2, 0.25) is 0 Å². The van der Waals surface area contributed by atoms with Gasteiger partial charge in [0.1, 0.15) is 22.3 Å². The summed E-state index contributed by atoms with van der Waals surface area (Å²) in [6.45, 7) is 4.70. The standard InChI is InChI=1S/C49H31NO2S/c1-49(2)38-15-7-5-12-32(38)33-21-19-29(26-39(33)49)50(30-20-22-35-34-13-6-8-17-41(34)51-43(35)27-30)40-16-9-14-37-46-44(53-48(37)40)25-23-36-45-31-11-4-3-10-28(31)18-24-42(45)52-47(36)46/h3-27H,1-2H3. The van der Waals surface area contributed by atoms with Gasteiger partial charge in [0.05, 0.1) is 10.4 Å². The lowest BCUT2D eigenvalue weighted by Crippen LogP contribution is -2.16. The molecule has 1 aliphatic carbocycles. The fraction of sp³-hybridized carbons (Fsp3) is 0.0612. The molecule has 3 aromatic heterocycles. The highest BCUT2D eigenvalue weighted by atomic mass is 32.1. The summed E-state index contributed by atoms with van der Waals surface area (Å²) in [5, 5.41) is 9.39. The fourth-order valence-electron chi connectivity index (χ4n) is 9.16. The van der Waals surface area contributed by atoms with Gasteiger partial charge in [-0.15, -0.1) is 11.3 Å². The van der Waals surface area contributed by atoms with Crippen molar-refractivity contribution in [2.75, 3.05) is 4.90 Å². The summed E-state index contributed by atoms with van der Waals surface area (Å²) in [5.74, 6) is 0. The number of fused-ring (bicyclic) bond motifs is 15. The number of furan rings is 2. The Hall–Kier alpha value is -6.36. The molecule has 8 aromatic carbocycles. The molecule has 0 saturated heterocycles. The average Bonchev–Trinajstić information content (AvgIpc) is 3.93. The third-order valence-corrected chi connectivity index (χ3v) is 12.8. The Morgan fingerprint density at radius 2 is 1.23 bits per heavy atom. The zero-order chi connectivity index (χ0) is 35.0. The molecule has 250 valence electrons. The van der Waals surface area contributed by atoms with E-state index in [1.807, 2.05) is 23.5 Å². The van der Waals surface area contributed by atoms with Crippen LogP contribution in [0.5, 0.6) is 0 Å². The van der Waals surface area contributed by atoms with Gasteiger partial charge in [-0.25, -0.2) is 0 Å². The molecule has 0 radical (unpaired) electrons. The van der Waals surface area contributed by atoms with Crippen molar-refractivity contribution in [2.24, 2.45) is 0 Å². The molecule has 0 N–H and O–H groups in total. The zero-order valence-corrected chi connectivity index (χ0v) is 29.9. The van der Waals surface area contributed by atoms with E-state index < -0.39 is 0 Å². The van der Waals surface area contributed by atoms with Gasteiger partial charge in [-0.05, 0) is 87.6 Å². The number of rotatable bonds is 3. The van der Waals surface area contributed by atoms with Crippen LogP contribution in [0.25, 0.3) is 85.9 Å². The van der Waals surface area contributed by atoms with Gasteiger partial charge in [-0.3, -0.25) is 0 Å². The van der Waals surface area contributed by atoms with E-state index >= 15 is 0 Å². The predicted octanol–water partition coefficient (Wildman–Crippen LogP) is 14.8. The van der Waals surface area contributed by atoms with Crippen LogP contribution in [0, 0.1) is 0 Å². The fourth-order valence-corrected chi connectivity index (χ4v) is 10.4. The van der Waals surface area contributed by atoms with Crippen LogP contribution in [0.4, 0.5) is 17.1 Å². The van der Waals surface area contributed by atoms with Crippen LogP contribution in [-0.4, -0.2) is 0 Å². The van der Waals surface area contributed by atoms with E-state index in [2.05, 4.69) is 158 Å². The third kappa shape index (κ3) is 3.93. The van der Waals surface area contributed by atoms with Gasteiger partial charge in [0.15, 0.2) is 0 Å². The number of para-hydroxylation sites is 1. The minimum atomic E-state index is -0.128. The molecular weight excluding hydrogens is 667 g/mol. The Labute approximate surface area is 308 Å². The topological polar surface area (TPSA) is 29.5 Å². The van der Waals surface area contributed by atoms with Crippen molar-refractivity contribution in [3.8, 4) is 11.1 Å². The van der Waals surface area contributed by atoms with Crippen LogP contribution in [0.1, 0.15) is 25.0 Å². The monoisotopic (exact) mass is 697 g/mol. The molecule has 3 nitrogen and oxygen atoms in total. The van der Waals surface area contributed by atoms with Crippen LogP contribution in [-0.2, 0) is 5.41 Å². The molecule has 11 aromatic rings. The molecule has 0 atom stereocenters. The minimum absolute atomic E-state index is 0.128. The molecule has 4 heteroatoms. The molecule has 0 fully saturated rings. The third-order valence-electron chi connectivity index (χ3n) is 11.7. The molecule has 3 heterocycles. The van der Waals surface area contributed by atoms with Crippen LogP contribution < -0.4 is 4.90 Å². The second kappa shape index (κ2) is 10.4. The number of hydrogen-bond donors (Lipinski definition) is 0. The van der Waals surface area contributed by atoms with Crippen LogP contribution in [0.2, 0.25) is 0 Å². The maximum atomic E-state index is 6.77. The predicted molar refractivity (Wildman–Crippen MR) is 224 cm³/mol. The quantitative estimate of drug-likeness (QED) is 0.184. The Bertz CT molecular complexity index is 3340. The first-order chi connectivity index (χ1) is 26.0. The number of benzene rings is 8. The molecule has 0 aliphatic heterocycles. The summed E-state index contributed by atoms with van der Waals surface area (Å²) >= 11 is 1.83. The highest BCUT2D eigenvalue weighted by Crippen LogP contribution is 2.53. The Kier molecular flexibility index (Phi) is 5.72. The Balaban J connectivity index is 1.13. The largest absolute Gasteiger partial charge is 0.456 e. The molecule has 0 spiro atoms. The van der Waals surface area contributed by atoms with Crippen molar-refractivity contribution in [1.29, 1.82) is 0 Å².